The van der Waals surface area contributed by atoms with Crippen LogP contribution in [-0.2, 0) is 21.4 Å². The number of hydrogen-bond donors (Lipinski definition) is 2. The molecule has 1 amide bonds. The molecule has 5 rings (SSSR count). The van der Waals surface area contributed by atoms with Crippen molar-refractivity contribution in [2.75, 3.05) is 19.6 Å². The van der Waals surface area contributed by atoms with Gasteiger partial charge in [0.1, 0.15) is 5.75 Å². The lowest BCUT2D eigenvalue weighted by atomic mass is 9.57. The molecule has 6 nitrogen and oxygen atoms in total. The highest BCUT2D eigenvalue weighted by molar-refractivity contribution is 6.42. The van der Waals surface area contributed by atoms with Crippen molar-refractivity contribution < 1.29 is 19.4 Å². The van der Waals surface area contributed by atoms with Crippen molar-refractivity contribution in [1.29, 1.82) is 0 Å². The van der Waals surface area contributed by atoms with Gasteiger partial charge < -0.3 is 20.1 Å². The van der Waals surface area contributed by atoms with Crippen molar-refractivity contribution in [3.8, 4) is 5.75 Å². The van der Waals surface area contributed by atoms with Crippen LogP contribution in [0.4, 0.5) is 0 Å². The number of carbonyl (C=O) groups excluding carboxylic acids is 2. The van der Waals surface area contributed by atoms with E-state index < -0.39 is 6.10 Å². The summed E-state index contributed by atoms with van der Waals surface area (Å²) < 4.78 is 5.41. The molecule has 1 aliphatic heterocycles. The molecule has 8 heteroatoms. The monoisotopic (exact) mass is 544 g/mol. The van der Waals surface area contributed by atoms with Crippen LogP contribution in [0, 0.1) is 11.8 Å². The largest absolute Gasteiger partial charge is 0.427 e. The first-order valence-electron chi connectivity index (χ1n) is 13.1. The van der Waals surface area contributed by atoms with E-state index in [0.29, 0.717) is 22.2 Å². The maximum atomic E-state index is 13.0. The number of aliphatic hydroxyl groups is 1. The van der Waals surface area contributed by atoms with E-state index in [0.717, 1.165) is 49.5 Å². The van der Waals surface area contributed by atoms with Crippen LogP contribution in [-0.4, -0.2) is 53.7 Å². The number of ether oxygens (including phenoxy) is 1. The van der Waals surface area contributed by atoms with Crippen molar-refractivity contribution in [3.63, 3.8) is 0 Å². The van der Waals surface area contributed by atoms with Gasteiger partial charge in [0.2, 0.25) is 5.91 Å². The van der Waals surface area contributed by atoms with E-state index in [1.165, 1.54) is 19.8 Å². The highest BCUT2D eigenvalue weighted by Gasteiger charge is 2.52. The molecule has 1 heterocycles. The zero-order valence-corrected chi connectivity index (χ0v) is 22.6. The van der Waals surface area contributed by atoms with Gasteiger partial charge in [-0.25, -0.2) is 0 Å². The Morgan fingerprint density at radius 3 is 2.70 bits per heavy atom. The Hall–Kier alpha value is -2.12. The molecule has 2 N–H and O–H groups in total. The number of amides is 1. The van der Waals surface area contributed by atoms with Crippen LogP contribution in [0.15, 0.2) is 42.5 Å². The number of hydrogen-bond acceptors (Lipinski definition) is 5. The van der Waals surface area contributed by atoms with E-state index >= 15 is 0 Å². The van der Waals surface area contributed by atoms with Gasteiger partial charge in [0.15, 0.2) is 0 Å². The summed E-state index contributed by atoms with van der Waals surface area (Å²) >= 11 is 12.1. The van der Waals surface area contributed by atoms with Crippen LogP contribution < -0.4 is 10.1 Å². The Bertz CT molecular complexity index is 1170. The number of aliphatic hydroxyl groups excluding tert-OH is 1. The molecule has 3 fully saturated rings. The van der Waals surface area contributed by atoms with Crippen LogP contribution in [0.1, 0.15) is 50.2 Å². The minimum absolute atomic E-state index is 0.0378. The van der Waals surface area contributed by atoms with Gasteiger partial charge in [-0.05, 0) is 80.0 Å². The normalized spacial score (nSPS) is 27.8. The maximum Gasteiger partial charge on any atom is 0.308 e. The molecule has 0 radical (unpaired) electrons. The lowest BCUT2D eigenvalue weighted by molar-refractivity contribution is -0.132. The Morgan fingerprint density at radius 1 is 1.16 bits per heavy atom. The second kappa shape index (κ2) is 10.9. The highest BCUT2D eigenvalue weighted by Crippen LogP contribution is 2.50. The summed E-state index contributed by atoms with van der Waals surface area (Å²) in [7, 11) is 0. The first kappa shape index (κ1) is 26.5. The average Bonchev–Trinajstić information content (AvgIpc) is 3.66. The number of esters is 1. The summed E-state index contributed by atoms with van der Waals surface area (Å²) in [6, 6.07) is 12.8. The number of nitrogens with zero attached hydrogens (tertiary/aromatic N) is 1. The lowest BCUT2D eigenvalue weighted by Crippen LogP contribution is -2.61. The molecule has 0 aromatic heterocycles. The third-order valence-corrected chi connectivity index (χ3v) is 8.98. The van der Waals surface area contributed by atoms with Gasteiger partial charge in [0, 0.05) is 37.4 Å². The molecule has 37 heavy (non-hydrogen) atoms. The minimum atomic E-state index is -0.552. The number of fused-ring (bicyclic) bond motifs is 1. The Labute approximate surface area is 228 Å². The molecule has 2 saturated carbocycles. The molecule has 3 aliphatic rings. The molecule has 0 spiro atoms. The Balaban J connectivity index is 1.37. The van der Waals surface area contributed by atoms with Gasteiger partial charge in [-0.2, -0.15) is 0 Å². The van der Waals surface area contributed by atoms with Crippen LogP contribution in [0.25, 0.3) is 0 Å². The molecular formula is C29H34Cl2N2O4. The molecular weight excluding hydrogens is 511 g/mol. The zero-order chi connectivity index (χ0) is 26.2. The summed E-state index contributed by atoms with van der Waals surface area (Å²) in [4.78, 5) is 27.1. The molecule has 2 aromatic rings. The second-order valence-electron chi connectivity index (χ2n) is 11.0. The fourth-order valence-electron chi connectivity index (χ4n) is 6.38. The first-order chi connectivity index (χ1) is 17.7. The number of carbonyl (C=O) groups is 2. The quantitative estimate of drug-likeness (QED) is 0.387. The van der Waals surface area contributed by atoms with Gasteiger partial charge in [-0.1, -0.05) is 41.4 Å². The fourth-order valence-corrected chi connectivity index (χ4v) is 6.70. The molecule has 2 aromatic carbocycles. The number of halogens is 2. The van der Waals surface area contributed by atoms with Gasteiger partial charge in [0.05, 0.1) is 22.6 Å². The standard InChI is InChI=1S/C29H34Cl2N2O4/c1-18(34)37-23-4-2-3-21(13-23)29-9-10-33(16-19-5-6-19)17-24(29)27(35)14-22(15-29)32-28(36)12-20-7-8-25(30)26(31)11-20/h2-4,7-8,11,13,19,22,24,27,35H,5-6,9-10,12,14-17H2,1H3,(H,32,36)/t22-,24?,27?,29?/m1/s1. The van der Waals surface area contributed by atoms with E-state index in [4.69, 9.17) is 27.9 Å². The molecule has 1 saturated heterocycles. The lowest BCUT2D eigenvalue weighted by Gasteiger charge is -2.55. The highest BCUT2D eigenvalue weighted by atomic mass is 35.5. The van der Waals surface area contributed by atoms with Gasteiger partial charge in [-0.15, -0.1) is 0 Å². The predicted molar refractivity (Wildman–Crippen MR) is 144 cm³/mol. The third-order valence-electron chi connectivity index (χ3n) is 8.24. The number of nitrogens with one attached hydrogen (secondary N) is 1. The molecule has 0 bridgehead atoms. The average molecular weight is 546 g/mol. The van der Waals surface area contributed by atoms with E-state index in [-0.39, 0.29) is 35.7 Å². The van der Waals surface area contributed by atoms with E-state index in [1.807, 2.05) is 12.1 Å². The summed E-state index contributed by atoms with van der Waals surface area (Å²) in [6.07, 6.45) is 4.35. The minimum Gasteiger partial charge on any atom is -0.427 e. The van der Waals surface area contributed by atoms with Crippen LogP contribution in [0.5, 0.6) is 5.75 Å². The van der Waals surface area contributed by atoms with Gasteiger partial charge in [0.25, 0.3) is 0 Å². The third kappa shape index (κ3) is 6.14. The Morgan fingerprint density at radius 2 is 1.97 bits per heavy atom. The van der Waals surface area contributed by atoms with Crippen molar-refractivity contribution in [2.45, 2.75) is 63.0 Å². The van der Waals surface area contributed by atoms with Crippen LogP contribution in [0.3, 0.4) is 0 Å². The van der Waals surface area contributed by atoms with Crippen molar-refractivity contribution in [2.24, 2.45) is 11.8 Å². The summed E-state index contributed by atoms with van der Waals surface area (Å²) in [6.45, 7) is 4.27. The number of benzene rings is 2. The number of piperidine rings is 1. The van der Waals surface area contributed by atoms with Crippen molar-refractivity contribution in [3.05, 3.63) is 63.6 Å². The van der Waals surface area contributed by atoms with E-state index in [1.54, 1.807) is 24.3 Å². The molecule has 4 atom stereocenters. The van der Waals surface area contributed by atoms with Crippen LogP contribution in [0.2, 0.25) is 10.0 Å². The maximum absolute atomic E-state index is 13.0. The Kier molecular flexibility index (Phi) is 7.83. The number of likely N-dealkylation sites (tertiary alicyclic amines) is 1. The predicted octanol–water partition coefficient (Wildman–Crippen LogP) is 4.77. The van der Waals surface area contributed by atoms with Crippen molar-refractivity contribution >= 4 is 35.1 Å². The van der Waals surface area contributed by atoms with E-state index in [2.05, 4.69) is 16.3 Å². The van der Waals surface area contributed by atoms with Crippen LogP contribution >= 0.6 is 23.2 Å². The molecule has 3 unspecified atom stereocenters. The topological polar surface area (TPSA) is 78.9 Å². The molecule has 198 valence electrons. The van der Waals surface area contributed by atoms with E-state index in [9.17, 15) is 14.7 Å². The SMILES string of the molecule is CC(=O)Oc1cccc(C23CCN(CC4CC4)CC2C(O)C[C@@H](NC(=O)Cc2ccc(Cl)c(Cl)c2)C3)c1. The van der Waals surface area contributed by atoms with Crippen molar-refractivity contribution in [1.82, 2.24) is 10.2 Å². The van der Waals surface area contributed by atoms with Gasteiger partial charge in [-0.3, -0.25) is 9.59 Å². The first-order valence-corrected chi connectivity index (χ1v) is 13.9. The van der Waals surface area contributed by atoms with Gasteiger partial charge >= 0.3 is 5.97 Å². The summed E-state index contributed by atoms with van der Waals surface area (Å²) in [5, 5.41) is 15.5. The zero-order valence-electron chi connectivity index (χ0n) is 21.1. The second-order valence-corrected chi connectivity index (χ2v) is 11.8. The molecule has 2 aliphatic carbocycles. The fraction of sp³-hybridized carbons (Fsp3) is 0.517. The summed E-state index contributed by atoms with van der Waals surface area (Å²) in [5.74, 6) is 0.870. The number of rotatable bonds is 7. The smallest absolute Gasteiger partial charge is 0.308 e. The summed E-state index contributed by atoms with van der Waals surface area (Å²) in [5.41, 5.74) is 1.53.